The number of nitrogens with zero attached hydrogens (tertiary/aromatic N) is 2. The second kappa shape index (κ2) is 4.48. The highest BCUT2D eigenvalue weighted by Crippen LogP contribution is 2.31. The topological polar surface area (TPSA) is 94.1 Å². The summed E-state index contributed by atoms with van der Waals surface area (Å²) in [6.45, 7) is 1.90. The lowest BCUT2D eigenvalue weighted by Gasteiger charge is -1.98. The maximum absolute atomic E-state index is 10.7. The first-order valence-corrected chi connectivity index (χ1v) is 5.62. The van der Waals surface area contributed by atoms with E-state index in [1.54, 1.807) is 12.1 Å². The van der Waals surface area contributed by atoms with Gasteiger partial charge < -0.3 is 0 Å². The summed E-state index contributed by atoms with van der Waals surface area (Å²) < 4.78 is 0. The Morgan fingerprint density at radius 1 is 1.53 bits per heavy atom. The van der Waals surface area contributed by atoms with E-state index in [-0.39, 0.29) is 5.69 Å². The second-order valence-electron chi connectivity index (χ2n) is 3.38. The first-order valence-electron chi connectivity index (χ1n) is 4.80. The minimum absolute atomic E-state index is 0.0529. The van der Waals surface area contributed by atoms with Crippen LogP contribution in [0.4, 0.5) is 10.8 Å². The lowest BCUT2D eigenvalue weighted by molar-refractivity contribution is -0.384. The number of nitrogens with two attached hydrogens (primary N) is 1. The average Bonchev–Trinajstić information content (AvgIpc) is 2.71. The predicted octanol–water partition coefficient (Wildman–Crippen LogP) is 2.31. The van der Waals surface area contributed by atoms with Gasteiger partial charge in [-0.2, -0.15) is 0 Å². The number of hydrogen-bond acceptors (Lipinski definition) is 6. The standard InChI is InChI=1S/C10H10N4O2S/c1-6-9(12-10(13-11)17-6)7-3-2-4-8(5-7)14(15)16/h2-5H,11H2,1H3,(H,12,13). The fourth-order valence-corrected chi connectivity index (χ4v) is 2.24. The molecule has 88 valence electrons. The SMILES string of the molecule is Cc1sc(NN)nc1-c1cccc([N+](=O)[O-])c1. The maximum Gasteiger partial charge on any atom is 0.270 e. The summed E-state index contributed by atoms with van der Waals surface area (Å²) in [5, 5.41) is 11.3. The van der Waals surface area contributed by atoms with Crippen LogP contribution in [0.1, 0.15) is 4.88 Å². The van der Waals surface area contributed by atoms with Crippen molar-refractivity contribution >= 4 is 22.2 Å². The molecular formula is C10H10N4O2S. The van der Waals surface area contributed by atoms with Gasteiger partial charge in [0.1, 0.15) is 0 Å². The number of aryl methyl sites for hydroxylation is 1. The summed E-state index contributed by atoms with van der Waals surface area (Å²) in [5.74, 6) is 5.28. The summed E-state index contributed by atoms with van der Waals surface area (Å²) in [5.41, 5.74) is 3.95. The fraction of sp³-hybridized carbons (Fsp3) is 0.100. The average molecular weight is 250 g/mol. The summed E-state index contributed by atoms with van der Waals surface area (Å²) in [4.78, 5) is 15.5. The van der Waals surface area contributed by atoms with Crippen LogP contribution in [0, 0.1) is 17.0 Å². The van der Waals surface area contributed by atoms with Gasteiger partial charge in [-0.3, -0.25) is 15.5 Å². The molecule has 0 unspecified atom stereocenters. The Bertz CT molecular complexity index is 567. The number of hydrogen-bond donors (Lipinski definition) is 2. The molecule has 0 aliphatic carbocycles. The van der Waals surface area contributed by atoms with Gasteiger partial charge in [-0.1, -0.05) is 12.1 Å². The Hall–Kier alpha value is -1.99. The molecule has 0 amide bonds. The van der Waals surface area contributed by atoms with Crippen LogP contribution in [0.25, 0.3) is 11.3 Å². The van der Waals surface area contributed by atoms with Crippen LogP contribution in [-0.2, 0) is 0 Å². The molecule has 1 heterocycles. The number of nitrogens with one attached hydrogen (secondary N) is 1. The molecule has 0 fully saturated rings. The van der Waals surface area contributed by atoms with Crippen molar-refractivity contribution in [1.29, 1.82) is 0 Å². The largest absolute Gasteiger partial charge is 0.300 e. The van der Waals surface area contributed by atoms with Crippen LogP contribution < -0.4 is 11.3 Å². The minimum atomic E-state index is -0.423. The van der Waals surface area contributed by atoms with Crippen molar-refractivity contribution in [2.75, 3.05) is 5.43 Å². The minimum Gasteiger partial charge on any atom is -0.300 e. The number of nitrogen functional groups attached to an aromatic ring is 1. The maximum atomic E-state index is 10.7. The third-order valence-electron chi connectivity index (χ3n) is 2.25. The molecule has 17 heavy (non-hydrogen) atoms. The Balaban J connectivity index is 2.48. The Morgan fingerprint density at radius 3 is 2.88 bits per heavy atom. The number of nitro benzene ring substituents is 1. The van der Waals surface area contributed by atoms with E-state index in [1.165, 1.54) is 23.5 Å². The molecule has 2 rings (SSSR count). The summed E-state index contributed by atoms with van der Waals surface area (Å²) >= 11 is 1.41. The van der Waals surface area contributed by atoms with E-state index in [0.717, 1.165) is 10.4 Å². The van der Waals surface area contributed by atoms with Gasteiger partial charge in [-0.05, 0) is 6.92 Å². The highest BCUT2D eigenvalue weighted by molar-refractivity contribution is 7.15. The molecule has 6 nitrogen and oxygen atoms in total. The van der Waals surface area contributed by atoms with Gasteiger partial charge in [0.2, 0.25) is 0 Å². The van der Waals surface area contributed by atoms with E-state index < -0.39 is 4.92 Å². The molecule has 0 aliphatic heterocycles. The molecule has 0 saturated heterocycles. The Kier molecular flexibility index (Phi) is 3.03. The number of anilines is 1. The van der Waals surface area contributed by atoms with Crippen LogP contribution in [0.5, 0.6) is 0 Å². The molecule has 0 atom stereocenters. The predicted molar refractivity (Wildman–Crippen MR) is 66.8 cm³/mol. The number of non-ortho nitro benzene ring substituents is 1. The van der Waals surface area contributed by atoms with E-state index in [2.05, 4.69) is 10.4 Å². The number of thiazole rings is 1. The highest BCUT2D eigenvalue weighted by atomic mass is 32.1. The number of hydrazine groups is 1. The van der Waals surface area contributed by atoms with E-state index in [0.29, 0.717) is 10.8 Å². The van der Waals surface area contributed by atoms with E-state index in [9.17, 15) is 10.1 Å². The Labute approximate surface area is 101 Å². The summed E-state index contributed by atoms with van der Waals surface area (Å²) in [7, 11) is 0. The van der Waals surface area contributed by atoms with Crippen LogP contribution in [-0.4, -0.2) is 9.91 Å². The van der Waals surface area contributed by atoms with Gasteiger partial charge in [-0.15, -0.1) is 11.3 Å². The lowest BCUT2D eigenvalue weighted by Crippen LogP contribution is -2.05. The molecule has 0 radical (unpaired) electrons. The zero-order valence-electron chi connectivity index (χ0n) is 9.01. The van der Waals surface area contributed by atoms with Crippen LogP contribution >= 0.6 is 11.3 Å². The van der Waals surface area contributed by atoms with Gasteiger partial charge in [-0.25, -0.2) is 10.8 Å². The van der Waals surface area contributed by atoms with Crippen LogP contribution in [0.2, 0.25) is 0 Å². The summed E-state index contributed by atoms with van der Waals surface area (Å²) in [6.07, 6.45) is 0. The molecule has 1 aromatic carbocycles. The normalized spacial score (nSPS) is 10.2. The lowest BCUT2D eigenvalue weighted by atomic mass is 10.1. The monoisotopic (exact) mass is 250 g/mol. The number of nitro groups is 1. The van der Waals surface area contributed by atoms with E-state index in [1.807, 2.05) is 6.92 Å². The van der Waals surface area contributed by atoms with Crippen molar-refractivity contribution in [3.63, 3.8) is 0 Å². The first kappa shape index (κ1) is 11.5. The number of aromatic nitrogens is 1. The number of benzene rings is 1. The van der Waals surface area contributed by atoms with Crippen molar-refractivity contribution in [3.05, 3.63) is 39.3 Å². The van der Waals surface area contributed by atoms with Crippen molar-refractivity contribution in [2.24, 2.45) is 5.84 Å². The molecule has 1 aromatic heterocycles. The molecule has 0 spiro atoms. The van der Waals surface area contributed by atoms with E-state index in [4.69, 9.17) is 5.84 Å². The molecule has 0 bridgehead atoms. The molecule has 7 heteroatoms. The quantitative estimate of drug-likeness (QED) is 0.495. The first-order chi connectivity index (χ1) is 8.11. The van der Waals surface area contributed by atoms with Gasteiger partial charge in [0.25, 0.3) is 5.69 Å². The molecule has 0 aliphatic rings. The Morgan fingerprint density at radius 2 is 2.29 bits per heavy atom. The van der Waals surface area contributed by atoms with E-state index >= 15 is 0 Å². The van der Waals surface area contributed by atoms with Crippen molar-refractivity contribution in [1.82, 2.24) is 4.98 Å². The molecular weight excluding hydrogens is 240 g/mol. The molecule has 0 saturated carbocycles. The molecule has 3 N–H and O–H groups in total. The van der Waals surface area contributed by atoms with Crippen molar-refractivity contribution < 1.29 is 4.92 Å². The smallest absolute Gasteiger partial charge is 0.270 e. The zero-order chi connectivity index (χ0) is 12.4. The van der Waals surface area contributed by atoms with Crippen molar-refractivity contribution in [2.45, 2.75) is 6.92 Å². The molecule has 2 aromatic rings. The highest BCUT2D eigenvalue weighted by Gasteiger charge is 2.12. The van der Waals surface area contributed by atoms with Crippen LogP contribution in [0.3, 0.4) is 0 Å². The van der Waals surface area contributed by atoms with Gasteiger partial charge >= 0.3 is 0 Å². The van der Waals surface area contributed by atoms with Crippen LogP contribution in [0.15, 0.2) is 24.3 Å². The third-order valence-corrected chi connectivity index (χ3v) is 3.15. The second-order valence-corrected chi connectivity index (χ2v) is 4.58. The zero-order valence-corrected chi connectivity index (χ0v) is 9.82. The fourth-order valence-electron chi connectivity index (χ4n) is 1.49. The van der Waals surface area contributed by atoms with Gasteiger partial charge in [0.05, 0.1) is 10.6 Å². The number of rotatable bonds is 3. The van der Waals surface area contributed by atoms with Crippen molar-refractivity contribution in [3.8, 4) is 11.3 Å². The summed E-state index contributed by atoms with van der Waals surface area (Å²) in [6, 6.07) is 6.38. The van der Waals surface area contributed by atoms with Gasteiger partial charge in [0, 0.05) is 22.6 Å². The van der Waals surface area contributed by atoms with Gasteiger partial charge in [0.15, 0.2) is 5.13 Å². The third kappa shape index (κ3) is 2.24.